The van der Waals surface area contributed by atoms with E-state index in [-0.39, 0.29) is 5.69 Å². The maximum atomic E-state index is 12.9. The molecule has 0 bridgehead atoms. The molecule has 4 nitrogen and oxygen atoms in total. The predicted octanol–water partition coefficient (Wildman–Crippen LogP) is 2.42. The predicted molar refractivity (Wildman–Crippen MR) is 56.8 cm³/mol. The van der Waals surface area contributed by atoms with E-state index >= 15 is 0 Å². The minimum absolute atomic E-state index is 0.297. The molecule has 0 unspecified atom stereocenters. The summed E-state index contributed by atoms with van der Waals surface area (Å²) in [5.74, 6) is -3.79. The number of benzene rings is 1. The van der Waals surface area contributed by atoms with Crippen LogP contribution in [0.4, 0.5) is 23.2 Å². The van der Waals surface area contributed by atoms with Gasteiger partial charge in [0, 0.05) is 17.8 Å². The molecule has 0 heterocycles. The minimum Gasteiger partial charge on any atom is -0.478 e. The fraction of sp³-hybridized carbons (Fsp3) is 0.0909. The van der Waals surface area contributed by atoms with Crippen LogP contribution in [0.25, 0.3) is 0 Å². The van der Waals surface area contributed by atoms with E-state index in [0.29, 0.717) is 24.3 Å². The topological polar surface area (TPSA) is 66.4 Å². The van der Waals surface area contributed by atoms with Crippen molar-refractivity contribution < 1.29 is 32.3 Å². The van der Waals surface area contributed by atoms with Gasteiger partial charge < -0.3 is 10.4 Å². The van der Waals surface area contributed by atoms with Gasteiger partial charge in [-0.15, -0.1) is 0 Å². The van der Waals surface area contributed by atoms with Gasteiger partial charge in [0.05, 0.1) is 5.56 Å². The monoisotopic (exact) mass is 277 g/mol. The quantitative estimate of drug-likeness (QED) is 0.658. The summed E-state index contributed by atoms with van der Waals surface area (Å²) in [5, 5.41) is 10.2. The van der Waals surface area contributed by atoms with Gasteiger partial charge in [-0.1, -0.05) is 0 Å². The van der Waals surface area contributed by atoms with Gasteiger partial charge in [-0.3, -0.25) is 4.79 Å². The Bertz CT molecular complexity index is 537. The molecule has 19 heavy (non-hydrogen) atoms. The van der Waals surface area contributed by atoms with Crippen molar-refractivity contribution >= 4 is 17.6 Å². The molecule has 0 aliphatic rings. The Hall–Kier alpha value is -2.38. The molecule has 1 amide bonds. The summed E-state index contributed by atoms with van der Waals surface area (Å²) in [6, 6.07) is 1.90. The molecule has 1 rings (SSSR count). The number of amides is 1. The molecular weight excluding hydrogens is 270 g/mol. The van der Waals surface area contributed by atoms with Crippen molar-refractivity contribution in [3.63, 3.8) is 0 Å². The van der Waals surface area contributed by atoms with Crippen LogP contribution in [0.1, 0.15) is 5.56 Å². The number of carboxylic acid groups (broad SMARTS) is 1. The van der Waals surface area contributed by atoms with Crippen molar-refractivity contribution in [2.45, 2.75) is 6.18 Å². The molecule has 0 radical (unpaired) electrons. The van der Waals surface area contributed by atoms with Gasteiger partial charge in [-0.2, -0.15) is 13.2 Å². The summed E-state index contributed by atoms with van der Waals surface area (Å²) in [5.41, 5.74) is -1.82. The first kappa shape index (κ1) is 14.7. The summed E-state index contributed by atoms with van der Waals surface area (Å²) in [7, 11) is 0. The molecule has 102 valence electrons. The van der Waals surface area contributed by atoms with Gasteiger partial charge in [0.1, 0.15) is 5.82 Å². The summed E-state index contributed by atoms with van der Waals surface area (Å²) in [4.78, 5) is 21.2. The Morgan fingerprint density at radius 3 is 2.37 bits per heavy atom. The van der Waals surface area contributed by atoms with Crippen LogP contribution in [-0.2, 0) is 15.8 Å². The molecule has 0 fully saturated rings. The molecular formula is C11H7F4NO3. The van der Waals surface area contributed by atoms with Crippen LogP contribution in [0, 0.1) is 5.82 Å². The molecule has 0 aliphatic carbocycles. The number of carboxylic acids is 1. The number of carbonyl (C=O) groups is 2. The summed E-state index contributed by atoms with van der Waals surface area (Å²) < 4.78 is 50.1. The van der Waals surface area contributed by atoms with Gasteiger partial charge in [0.15, 0.2) is 0 Å². The molecule has 0 saturated heterocycles. The second kappa shape index (κ2) is 5.51. The number of anilines is 1. The van der Waals surface area contributed by atoms with Crippen LogP contribution in [0.2, 0.25) is 0 Å². The van der Waals surface area contributed by atoms with Crippen LogP contribution in [-0.4, -0.2) is 17.0 Å². The largest absolute Gasteiger partial charge is 0.478 e. The number of alkyl halides is 3. The van der Waals surface area contributed by atoms with Crippen LogP contribution >= 0.6 is 0 Å². The first-order valence-corrected chi connectivity index (χ1v) is 4.79. The first-order chi connectivity index (χ1) is 8.70. The lowest BCUT2D eigenvalue weighted by atomic mass is 10.2. The van der Waals surface area contributed by atoms with Crippen LogP contribution in [0.15, 0.2) is 30.4 Å². The minimum atomic E-state index is -4.89. The van der Waals surface area contributed by atoms with Crippen molar-refractivity contribution in [1.29, 1.82) is 0 Å². The van der Waals surface area contributed by atoms with Crippen LogP contribution in [0.5, 0.6) is 0 Å². The van der Waals surface area contributed by atoms with E-state index in [2.05, 4.69) is 0 Å². The highest BCUT2D eigenvalue weighted by atomic mass is 19.4. The Labute approximate surface area is 104 Å². The van der Waals surface area contributed by atoms with Gasteiger partial charge in [-0.05, 0) is 18.2 Å². The Morgan fingerprint density at radius 2 is 1.84 bits per heavy atom. The smallest absolute Gasteiger partial charge is 0.419 e. The van der Waals surface area contributed by atoms with Crippen molar-refractivity contribution in [2.75, 3.05) is 5.32 Å². The van der Waals surface area contributed by atoms with Gasteiger partial charge in [0.2, 0.25) is 5.91 Å². The van der Waals surface area contributed by atoms with Crippen LogP contribution in [0.3, 0.4) is 0 Å². The van der Waals surface area contributed by atoms with Gasteiger partial charge in [0.25, 0.3) is 0 Å². The zero-order chi connectivity index (χ0) is 14.6. The molecule has 0 aromatic heterocycles. The van der Waals surface area contributed by atoms with Gasteiger partial charge >= 0.3 is 12.1 Å². The van der Waals surface area contributed by atoms with Crippen molar-refractivity contribution in [3.05, 3.63) is 41.7 Å². The van der Waals surface area contributed by atoms with Crippen molar-refractivity contribution in [3.8, 4) is 0 Å². The summed E-state index contributed by atoms with van der Waals surface area (Å²) in [6.45, 7) is 0. The number of hydrogen-bond acceptors (Lipinski definition) is 2. The highest BCUT2D eigenvalue weighted by Gasteiger charge is 2.34. The van der Waals surface area contributed by atoms with Crippen molar-refractivity contribution in [2.24, 2.45) is 0 Å². The van der Waals surface area contributed by atoms with E-state index in [1.54, 1.807) is 0 Å². The Kier molecular flexibility index (Phi) is 4.26. The molecule has 1 aromatic rings. The maximum Gasteiger partial charge on any atom is 0.419 e. The van der Waals surface area contributed by atoms with Crippen LogP contribution < -0.4 is 5.32 Å². The molecule has 0 atom stereocenters. The number of hydrogen-bond donors (Lipinski definition) is 2. The average molecular weight is 277 g/mol. The highest BCUT2D eigenvalue weighted by molar-refractivity contribution is 6.02. The lowest BCUT2D eigenvalue weighted by Crippen LogP contribution is -2.12. The lowest BCUT2D eigenvalue weighted by molar-refractivity contribution is -0.140. The van der Waals surface area contributed by atoms with E-state index in [0.717, 1.165) is 6.07 Å². The first-order valence-electron chi connectivity index (χ1n) is 4.79. The zero-order valence-electron chi connectivity index (χ0n) is 9.16. The third-order valence-corrected chi connectivity index (χ3v) is 1.92. The van der Waals surface area contributed by atoms with Gasteiger partial charge in [-0.25, -0.2) is 9.18 Å². The molecule has 2 N–H and O–H groups in total. The molecule has 8 heteroatoms. The molecule has 0 spiro atoms. The van der Waals surface area contributed by atoms with E-state index in [1.165, 1.54) is 0 Å². The van der Waals surface area contributed by atoms with Crippen molar-refractivity contribution in [1.82, 2.24) is 0 Å². The zero-order valence-corrected chi connectivity index (χ0v) is 9.16. The summed E-state index contributed by atoms with van der Waals surface area (Å²) in [6.07, 6.45) is -3.75. The molecule has 0 aliphatic heterocycles. The number of carbonyl (C=O) groups excluding carboxylic acids is 1. The molecule has 1 aromatic carbocycles. The SMILES string of the molecule is O=C(O)/C=C/C(=O)Nc1ccc(F)c(C(F)(F)F)c1. The number of halogens is 4. The highest BCUT2D eigenvalue weighted by Crippen LogP contribution is 2.32. The van der Waals surface area contributed by atoms with E-state index in [4.69, 9.17) is 5.11 Å². The maximum absolute atomic E-state index is 12.9. The lowest BCUT2D eigenvalue weighted by Gasteiger charge is -2.10. The fourth-order valence-corrected chi connectivity index (χ4v) is 1.15. The average Bonchev–Trinajstić information content (AvgIpc) is 2.27. The third kappa shape index (κ3) is 4.41. The summed E-state index contributed by atoms with van der Waals surface area (Å²) >= 11 is 0. The Balaban J connectivity index is 2.92. The normalized spacial score (nSPS) is 11.6. The second-order valence-electron chi connectivity index (χ2n) is 3.35. The number of rotatable bonds is 3. The van der Waals surface area contributed by atoms with E-state index in [1.807, 2.05) is 5.32 Å². The number of aliphatic carboxylic acids is 1. The standard InChI is InChI=1S/C11H7F4NO3/c12-8-2-1-6(5-7(8)11(13,14)15)16-9(17)3-4-10(18)19/h1-5H,(H,16,17)(H,18,19)/b4-3+. The Morgan fingerprint density at radius 1 is 1.21 bits per heavy atom. The third-order valence-electron chi connectivity index (χ3n) is 1.92. The molecule has 0 saturated carbocycles. The van der Waals surface area contributed by atoms with E-state index < -0.39 is 29.4 Å². The fourth-order valence-electron chi connectivity index (χ4n) is 1.15. The van der Waals surface area contributed by atoms with E-state index in [9.17, 15) is 27.2 Å². The second-order valence-corrected chi connectivity index (χ2v) is 3.35. The number of nitrogens with one attached hydrogen (secondary N) is 1.